The monoisotopic (exact) mass is 237 g/mol. The van der Waals surface area contributed by atoms with E-state index in [0.717, 1.165) is 12.8 Å². The summed E-state index contributed by atoms with van der Waals surface area (Å²) in [5.74, 6) is 0.932. The van der Waals surface area contributed by atoms with Gasteiger partial charge in [0.15, 0.2) is 5.82 Å². The lowest BCUT2D eigenvalue weighted by molar-refractivity contribution is 0.776. The van der Waals surface area contributed by atoms with E-state index in [0.29, 0.717) is 29.8 Å². The fraction of sp³-hybridized carbons (Fsp3) is 0.500. The largest absolute Gasteiger partial charge is 0.382 e. The Balaban J connectivity index is 2.24. The maximum absolute atomic E-state index is 8.62. The summed E-state index contributed by atoms with van der Waals surface area (Å²) in [5, 5.41) is 9.00. The van der Waals surface area contributed by atoms with Crippen LogP contribution in [0.4, 0.5) is 11.6 Å². The first-order chi connectivity index (χ1) is 7.74. The molecule has 2 N–H and O–H groups in total. The predicted octanol–water partition coefficient (Wildman–Crippen LogP) is 1.59. The molecule has 0 aromatic carbocycles. The number of aromatic nitrogens is 2. The summed E-state index contributed by atoms with van der Waals surface area (Å²) in [6.07, 6.45) is 4.09. The number of nitrogens with two attached hydrogens (primary N) is 1. The van der Waals surface area contributed by atoms with Gasteiger partial charge in [-0.1, -0.05) is 11.6 Å². The Morgan fingerprint density at radius 3 is 2.94 bits per heavy atom. The van der Waals surface area contributed by atoms with Gasteiger partial charge in [-0.25, -0.2) is 9.97 Å². The molecule has 16 heavy (non-hydrogen) atoms. The molecule has 0 radical (unpaired) electrons. The van der Waals surface area contributed by atoms with Crippen molar-refractivity contribution in [1.29, 1.82) is 5.26 Å². The molecule has 0 aliphatic heterocycles. The predicted molar refractivity (Wildman–Crippen MR) is 62.1 cm³/mol. The molecule has 84 valence electrons. The number of hydrogen-bond donors (Lipinski definition) is 1. The van der Waals surface area contributed by atoms with Crippen molar-refractivity contribution in [2.24, 2.45) is 0 Å². The van der Waals surface area contributed by atoms with E-state index in [1.807, 2.05) is 4.90 Å². The second-order valence-corrected chi connectivity index (χ2v) is 4.11. The smallest absolute Gasteiger partial charge is 0.153 e. The zero-order valence-electron chi connectivity index (χ0n) is 8.73. The van der Waals surface area contributed by atoms with E-state index in [9.17, 15) is 0 Å². The first-order valence-electron chi connectivity index (χ1n) is 5.13. The molecule has 1 aliphatic carbocycles. The highest BCUT2D eigenvalue weighted by Gasteiger charge is 2.31. The highest BCUT2D eigenvalue weighted by Crippen LogP contribution is 2.35. The number of anilines is 2. The van der Waals surface area contributed by atoms with Crippen LogP contribution in [0.2, 0.25) is 5.02 Å². The lowest BCUT2D eigenvalue weighted by Gasteiger charge is -2.23. The third kappa shape index (κ3) is 2.17. The first-order valence-corrected chi connectivity index (χ1v) is 5.51. The van der Waals surface area contributed by atoms with Crippen LogP contribution < -0.4 is 10.6 Å². The molecule has 1 heterocycles. The van der Waals surface area contributed by atoms with Gasteiger partial charge in [0.05, 0.1) is 12.5 Å². The number of nitriles is 1. The van der Waals surface area contributed by atoms with Gasteiger partial charge in [-0.15, -0.1) is 0 Å². The molecule has 0 saturated heterocycles. The Labute approximate surface area is 98.9 Å². The van der Waals surface area contributed by atoms with Crippen LogP contribution in [0.15, 0.2) is 6.33 Å². The molecule has 0 bridgehead atoms. The standard InChI is InChI=1S/C10H12ClN5/c11-8-9(13)14-6-15-10(8)16(5-1-4-12)7-2-3-7/h6-7H,1-3,5H2,(H2,13,14,15). The maximum Gasteiger partial charge on any atom is 0.153 e. The summed E-state index contributed by atoms with van der Waals surface area (Å²) in [5.41, 5.74) is 5.63. The molecule has 0 amide bonds. The van der Waals surface area contributed by atoms with E-state index in [1.54, 1.807) is 0 Å². The molecular weight excluding hydrogens is 226 g/mol. The Hall–Kier alpha value is -1.54. The van der Waals surface area contributed by atoms with Crippen molar-refractivity contribution in [3.63, 3.8) is 0 Å². The average molecular weight is 238 g/mol. The van der Waals surface area contributed by atoms with Crippen molar-refractivity contribution >= 4 is 23.2 Å². The highest BCUT2D eigenvalue weighted by molar-refractivity contribution is 6.35. The van der Waals surface area contributed by atoms with Crippen molar-refractivity contribution < 1.29 is 0 Å². The molecule has 6 heteroatoms. The molecular formula is C10H12ClN5. The lowest BCUT2D eigenvalue weighted by Crippen LogP contribution is -2.28. The van der Waals surface area contributed by atoms with Crippen molar-refractivity contribution in [1.82, 2.24) is 9.97 Å². The number of hydrogen-bond acceptors (Lipinski definition) is 5. The summed E-state index contributed by atoms with van der Waals surface area (Å²) < 4.78 is 0. The summed E-state index contributed by atoms with van der Waals surface area (Å²) in [4.78, 5) is 10.0. The molecule has 1 aromatic rings. The number of halogens is 1. The van der Waals surface area contributed by atoms with Crippen LogP contribution >= 0.6 is 11.6 Å². The van der Waals surface area contributed by atoms with Crippen LogP contribution in [0.1, 0.15) is 19.3 Å². The van der Waals surface area contributed by atoms with Crippen molar-refractivity contribution in [2.45, 2.75) is 25.3 Å². The van der Waals surface area contributed by atoms with Crippen LogP contribution in [0, 0.1) is 11.3 Å². The van der Waals surface area contributed by atoms with E-state index in [1.165, 1.54) is 6.33 Å². The fourth-order valence-electron chi connectivity index (χ4n) is 1.59. The van der Waals surface area contributed by atoms with Gasteiger partial charge >= 0.3 is 0 Å². The second kappa shape index (κ2) is 4.54. The number of rotatable bonds is 4. The number of nitrogen functional groups attached to an aromatic ring is 1. The van der Waals surface area contributed by atoms with Gasteiger partial charge in [-0.05, 0) is 12.8 Å². The summed E-state index contributed by atoms with van der Waals surface area (Å²) in [7, 11) is 0. The van der Waals surface area contributed by atoms with Gasteiger partial charge in [-0.2, -0.15) is 5.26 Å². The minimum atomic E-state index is 0.286. The minimum Gasteiger partial charge on any atom is -0.382 e. The van der Waals surface area contributed by atoms with E-state index in [4.69, 9.17) is 22.6 Å². The zero-order chi connectivity index (χ0) is 11.5. The van der Waals surface area contributed by atoms with Gasteiger partial charge in [-0.3, -0.25) is 0 Å². The van der Waals surface area contributed by atoms with Crippen molar-refractivity contribution in [2.75, 3.05) is 17.2 Å². The molecule has 0 unspecified atom stereocenters. The third-order valence-corrected chi connectivity index (χ3v) is 2.88. The maximum atomic E-state index is 8.62. The van der Waals surface area contributed by atoms with Crippen LogP contribution in [-0.2, 0) is 0 Å². The highest BCUT2D eigenvalue weighted by atomic mass is 35.5. The molecule has 1 fully saturated rings. The lowest BCUT2D eigenvalue weighted by atomic mass is 10.3. The quantitative estimate of drug-likeness (QED) is 0.861. The minimum absolute atomic E-state index is 0.286. The Kier molecular flexibility index (Phi) is 3.11. The van der Waals surface area contributed by atoms with Gasteiger partial charge < -0.3 is 10.6 Å². The molecule has 0 spiro atoms. The molecule has 1 saturated carbocycles. The topological polar surface area (TPSA) is 78.8 Å². The summed E-state index contributed by atoms with van der Waals surface area (Å²) in [6, 6.07) is 2.57. The summed E-state index contributed by atoms with van der Waals surface area (Å²) >= 11 is 6.06. The van der Waals surface area contributed by atoms with Gasteiger partial charge in [0.25, 0.3) is 0 Å². The number of nitrogens with zero attached hydrogens (tertiary/aromatic N) is 4. The van der Waals surface area contributed by atoms with E-state index >= 15 is 0 Å². The molecule has 1 aromatic heterocycles. The molecule has 1 aliphatic rings. The van der Waals surface area contributed by atoms with E-state index in [2.05, 4.69) is 16.0 Å². The van der Waals surface area contributed by atoms with Crippen LogP contribution in [0.25, 0.3) is 0 Å². The van der Waals surface area contributed by atoms with E-state index < -0.39 is 0 Å². The van der Waals surface area contributed by atoms with Crippen LogP contribution in [0.5, 0.6) is 0 Å². The van der Waals surface area contributed by atoms with Gasteiger partial charge in [0.2, 0.25) is 0 Å². The SMILES string of the molecule is N#CCCN(c1ncnc(N)c1Cl)C1CC1. The first kappa shape index (κ1) is 11.0. The third-order valence-electron chi connectivity index (χ3n) is 2.52. The van der Waals surface area contributed by atoms with Gasteiger partial charge in [0.1, 0.15) is 17.2 Å². The van der Waals surface area contributed by atoms with Crippen LogP contribution in [0.3, 0.4) is 0 Å². The summed E-state index contributed by atoms with van der Waals surface area (Å²) in [6.45, 7) is 0.636. The van der Waals surface area contributed by atoms with E-state index in [-0.39, 0.29) is 5.82 Å². The Bertz CT molecular complexity index is 424. The molecule has 0 atom stereocenters. The second-order valence-electron chi connectivity index (χ2n) is 3.73. The van der Waals surface area contributed by atoms with Crippen LogP contribution in [-0.4, -0.2) is 22.6 Å². The Morgan fingerprint density at radius 1 is 1.56 bits per heavy atom. The zero-order valence-corrected chi connectivity index (χ0v) is 9.48. The molecule has 2 rings (SSSR count). The molecule has 5 nitrogen and oxygen atoms in total. The van der Waals surface area contributed by atoms with Crippen molar-refractivity contribution in [3.8, 4) is 6.07 Å². The normalized spacial score (nSPS) is 14.5. The fourth-order valence-corrected chi connectivity index (χ4v) is 1.80. The Morgan fingerprint density at radius 2 is 2.31 bits per heavy atom. The average Bonchev–Trinajstić information content (AvgIpc) is 3.08. The van der Waals surface area contributed by atoms with Crippen molar-refractivity contribution in [3.05, 3.63) is 11.3 Å². The van der Waals surface area contributed by atoms with Gasteiger partial charge in [0, 0.05) is 12.6 Å².